The molecule has 1 aliphatic carbocycles. The molecule has 0 saturated carbocycles. The van der Waals surface area contributed by atoms with E-state index in [0.717, 1.165) is 12.8 Å². The molecule has 1 aliphatic heterocycles. The zero-order valence-electron chi connectivity index (χ0n) is 6.67. The van der Waals surface area contributed by atoms with E-state index in [0.29, 0.717) is 12.5 Å². The van der Waals surface area contributed by atoms with Gasteiger partial charge in [0.05, 0.1) is 12.5 Å². The highest BCUT2D eigenvalue weighted by atomic mass is 16.5. The van der Waals surface area contributed by atoms with Gasteiger partial charge in [-0.1, -0.05) is 11.6 Å². The maximum Gasteiger partial charge on any atom is 0.309 e. The van der Waals surface area contributed by atoms with Crippen molar-refractivity contribution in [2.75, 3.05) is 6.61 Å². The SMILES string of the molecule is CC1=CC[C@@H]2C(=O)OC[C@@H]2C1. The summed E-state index contributed by atoms with van der Waals surface area (Å²) >= 11 is 0. The Morgan fingerprint density at radius 3 is 3.27 bits per heavy atom. The highest BCUT2D eigenvalue weighted by molar-refractivity contribution is 5.75. The van der Waals surface area contributed by atoms with Gasteiger partial charge < -0.3 is 4.74 Å². The lowest BCUT2D eigenvalue weighted by molar-refractivity contribution is -0.141. The number of fused-ring (bicyclic) bond motifs is 1. The number of hydrogen-bond acceptors (Lipinski definition) is 2. The van der Waals surface area contributed by atoms with Crippen LogP contribution in [0.15, 0.2) is 11.6 Å². The topological polar surface area (TPSA) is 26.3 Å². The first-order valence-electron chi connectivity index (χ1n) is 4.09. The third kappa shape index (κ3) is 1.06. The van der Waals surface area contributed by atoms with Crippen LogP contribution in [0.25, 0.3) is 0 Å². The third-order valence-electron chi connectivity index (χ3n) is 2.62. The van der Waals surface area contributed by atoms with Crippen molar-refractivity contribution >= 4 is 5.97 Å². The molecular formula is C9H12O2. The summed E-state index contributed by atoms with van der Waals surface area (Å²) in [6.07, 6.45) is 4.11. The van der Waals surface area contributed by atoms with Crippen LogP contribution in [0.5, 0.6) is 0 Å². The highest BCUT2D eigenvalue weighted by Crippen LogP contribution is 2.34. The second-order valence-corrected chi connectivity index (χ2v) is 3.49. The summed E-state index contributed by atoms with van der Waals surface area (Å²) in [4.78, 5) is 11.1. The molecule has 0 radical (unpaired) electrons. The first-order valence-corrected chi connectivity index (χ1v) is 4.09. The molecule has 2 rings (SSSR count). The predicted molar refractivity (Wildman–Crippen MR) is 40.9 cm³/mol. The Hall–Kier alpha value is -0.790. The maximum atomic E-state index is 11.1. The number of hydrogen-bond donors (Lipinski definition) is 0. The van der Waals surface area contributed by atoms with Crippen molar-refractivity contribution < 1.29 is 9.53 Å². The van der Waals surface area contributed by atoms with Gasteiger partial charge in [0.15, 0.2) is 0 Å². The number of carbonyl (C=O) groups excluding carboxylic acids is 1. The van der Waals surface area contributed by atoms with Gasteiger partial charge in [0, 0.05) is 5.92 Å². The zero-order chi connectivity index (χ0) is 7.84. The van der Waals surface area contributed by atoms with E-state index < -0.39 is 0 Å². The summed E-state index contributed by atoms with van der Waals surface area (Å²) in [6.45, 7) is 2.77. The molecule has 0 unspecified atom stereocenters. The third-order valence-corrected chi connectivity index (χ3v) is 2.62. The maximum absolute atomic E-state index is 11.1. The molecular weight excluding hydrogens is 140 g/mol. The van der Waals surface area contributed by atoms with Crippen LogP contribution in [0, 0.1) is 11.8 Å². The van der Waals surface area contributed by atoms with Gasteiger partial charge in [-0.2, -0.15) is 0 Å². The quantitative estimate of drug-likeness (QED) is 0.388. The molecule has 0 amide bonds. The normalized spacial score (nSPS) is 36.1. The number of ether oxygens (including phenoxy) is 1. The van der Waals surface area contributed by atoms with Gasteiger partial charge in [-0.05, 0) is 19.8 Å². The minimum Gasteiger partial charge on any atom is -0.465 e. The summed E-state index contributed by atoms with van der Waals surface area (Å²) in [5.41, 5.74) is 1.41. The molecule has 0 spiro atoms. The van der Waals surface area contributed by atoms with Crippen molar-refractivity contribution in [3.05, 3.63) is 11.6 Å². The summed E-state index contributed by atoms with van der Waals surface area (Å²) in [7, 11) is 0. The van der Waals surface area contributed by atoms with Gasteiger partial charge in [-0.25, -0.2) is 0 Å². The second-order valence-electron chi connectivity index (χ2n) is 3.49. The van der Waals surface area contributed by atoms with E-state index in [2.05, 4.69) is 13.0 Å². The molecule has 0 aromatic rings. The summed E-state index contributed by atoms with van der Waals surface area (Å²) in [6, 6.07) is 0. The lowest BCUT2D eigenvalue weighted by atomic mass is 9.82. The van der Waals surface area contributed by atoms with Crippen molar-refractivity contribution in [3.8, 4) is 0 Å². The number of carbonyl (C=O) groups is 1. The molecule has 1 fully saturated rings. The van der Waals surface area contributed by atoms with Gasteiger partial charge >= 0.3 is 5.97 Å². The Balaban J connectivity index is 2.17. The largest absolute Gasteiger partial charge is 0.465 e. The summed E-state index contributed by atoms with van der Waals surface area (Å²) in [5.74, 6) is 0.671. The Labute approximate surface area is 66.2 Å². The highest BCUT2D eigenvalue weighted by Gasteiger charge is 2.37. The smallest absolute Gasteiger partial charge is 0.309 e. The fourth-order valence-electron chi connectivity index (χ4n) is 1.92. The average molecular weight is 152 g/mol. The Bertz CT molecular complexity index is 218. The van der Waals surface area contributed by atoms with Crippen molar-refractivity contribution in [1.82, 2.24) is 0 Å². The van der Waals surface area contributed by atoms with Crippen LogP contribution in [0.4, 0.5) is 0 Å². The molecule has 2 aliphatic rings. The predicted octanol–water partition coefficient (Wildman–Crippen LogP) is 1.52. The van der Waals surface area contributed by atoms with Gasteiger partial charge in [0.1, 0.15) is 0 Å². The first kappa shape index (κ1) is 6.89. The van der Waals surface area contributed by atoms with Gasteiger partial charge in [-0.3, -0.25) is 4.79 Å². The Morgan fingerprint density at radius 2 is 2.45 bits per heavy atom. The van der Waals surface area contributed by atoms with Crippen LogP contribution in [-0.2, 0) is 9.53 Å². The fourth-order valence-corrected chi connectivity index (χ4v) is 1.92. The van der Waals surface area contributed by atoms with Crippen molar-refractivity contribution in [3.63, 3.8) is 0 Å². The van der Waals surface area contributed by atoms with Crippen molar-refractivity contribution in [2.24, 2.45) is 11.8 Å². The van der Waals surface area contributed by atoms with E-state index in [1.165, 1.54) is 5.57 Å². The molecule has 0 bridgehead atoms. The molecule has 11 heavy (non-hydrogen) atoms. The van der Waals surface area contributed by atoms with Crippen LogP contribution in [0.1, 0.15) is 19.8 Å². The standard InChI is InChI=1S/C9H12O2/c1-6-2-3-8-7(4-6)5-11-9(8)10/h2,7-8H,3-5H2,1H3/t7-,8-/m0/s1. The van der Waals surface area contributed by atoms with Gasteiger partial charge in [0.2, 0.25) is 0 Å². The molecule has 0 aromatic heterocycles. The van der Waals surface area contributed by atoms with E-state index in [-0.39, 0.29) is 11.9 Å². The molecule has 1 saturated heterocycles. The summed E-state index contributed by atoms with van der Waals surface area (Å²) in [5, 5.41) is 0. The first-order chi connectivity index (χ1) is 5.27. The molecule has 2 heteroatoms. The number of allylic oxidation sites excluding steroid dienone is 2. The van der Waals surface area contributed by atoms with Crippen molar-refractivity contribution in [1.29, 1.82) is 0 Å². The average Bonchev–Trinajstić information content (AvgIpc) is 2.32. The van der Waals surface area contributed by atoms with Crippen LogP contribution >= 0.6 is 0 Å². The molecule has 60 valence electrons. The second kappa shape index (κ2) is 2.36. The van der Waals surface area contributed by atoms with E-state index >= 15 is 0 Å². The molecule has 0 aromatic carbocycles. The van der Waals surface area contributed by atoms with Gasteiger partial charge in [0.25, 0.3) is 0 Å². The van der Waals surface area contributed by atoms with Gasteiger partial charge in [-0.15, -0.1) is 0 Å². The zero-order valence-corrected chi connectivity index (χ0v) is 6.67. The van der Waals surface area contributed by atoms with E-state index in [1.54, 1.807) is 0 Å². The fraction of sp³-hybridized carbons (Fsp3) is 0.667. The molecule has 2 atom stereocenters. The summed E-state index contributed by atoms with van der Waals surface area (Å²) < 4.78 is 4.98. The van der Waals surface area contributed by atoms with E-state index in [9.17, 15) is 4.79 Å². The number of cyclic esters (lactones) is 1. The van der Waals surface area contributed by atoms with Crippen molar-refractivity contribution in [2.45, 2.75) is 19.8 Å². The van der Waals surface area contributed by atoms with E-state index in [4.69, 9.17) is 4.74 Å². The lowest BCUT2D eigenvalue weighted by Crippen LogP contribution is -2.18. The minimum atomic E-state index is 0.0127. The monoisotopic (exact) mass is 152 g/mol. The molecule has 1 heterocycles. The Morgan fingerprint density at radius 1 is 1.64 bits per heavy atom. The molecule has 2 nitrogen and oxygen atoms in total. The van der Waals surface area contributed by atoms with Crippen LogP contribution in [-0.4, -0.2) is 12.6 Å². The van der Waals surface area contributed by atoms with Crippen LogP contribution in [0.3, 0.4) is 0 Å². The van der Waals surface area contributed by atoms with Crippen LogP contribution in [0.2, 0.25) is 0 Å². The minimum absolute atomic E-state index is 0.0127. The van der Waals surface area contributed by atoms with E-state index in [1.807, 2.05) is 0 Å². The number of rotatable bonds is 0. The van der Waals surface area contributed by atoms with Crippen LogP contribution < -0.4 is 0 Å². The number of esters is 1. The lowest BCUT2D eigenvalue weighted by Gasteiger charge is -2.18. The Kier molecular flexibility index (Phi) is 1.48. The molecule has 0 N–H and O–H groups in total.